The molecule has 0 unspecified atom stereocenters. The second-order valence-corrected chi connectivity index (χ2v) is 6.47. The number of fused-ring (bicyclic) bond motifs is 8. The molecule has 0 fully saturated rings. The second-order valence-electron chi connectivity index (χ2n) is 6.47. The smallest absolute Gasteiger partial charge is 0.152 e. The molecule has 0 N–H and O–H groups in total. The Morgan fingerprint density at radius 2 is 1.78 bits per heavy atom. The third-order valence-corrected chi connectivity index (χ3v) is 4.86. The van der Waals surface area contributed by atoms with Gasteiger partial charge in [-0.3, -0.25) is 9.08 Å². The third-order valence-electron chi connectivity index (χ3n) is 4.86. The van der Waals surface area contributed by atoms with Crippen LogP contribution in [0.25, 0.3) is 38.5 Å². The number of pyridine rings is 1. The van der Waals surface area contributed by atoms with Crippen LogP contribution in [-0.4, -0.2) is 26.3 Å². The Labute approximate surface area is 150 Å². The Morgan fingerprint density at radius 1 is 1.00 bits per heavy atom. The molecule has 0 radical (unpaired) electrons. The summed E-state index contributed by atoms with van der Waals surface area (Å²) in [5, 5.41) is 5.68. The van der Waals surface area contributed by atoms with Crippen LogP contribution in [0.2, 0.25) is 0 Å². The van der Waals surface area contributed by atoms with Gasteiger partial charge in [-0.15, -0.1) is 0 Å². The number of aryl methyl sites for hydroxylation is 2. The first-order valence-electron chi connectivity index (χ1n) is 8.20. The molecule has 0 atom stereocenters. The average Bonchev–Trinajstić information content (AvgIpc) is 3.12. The predicted molar refractivity (Wildman–Crippen MR) is 95.6 cm³/mol. The van der Waals surface area contributed by atoms with Crippen LogP contribution in [0, 0.1) is 24.4 Å². The van der Waals surface area contributed by atoms with Gasteiger partial charge >= 0.3 is 0 Å². The number of ether oxygens (including phenoxy) is 1. The minimum Gasteiger partial charge on any atom is -0.497 e. The Balaban J connectivity index is 2.22. The normalized spacial score (nSPS) is 12.1. The molecule has 0 spiro atoms. The van der Waals surface area contributed by atoms with E-state index in [1.807, 2.05) is 0 Å². The lowest BCUT2D eigenvalue weighted by atomic mass is 10.1. The van der Waals surface area contributed by atoms with Crippen LogP contribution < -0.4 is 4.74 Å². The highest BCUT2D eigenvalue weighted by molar-refractivity contribution is 6.14. The summed E-state index contributed by atoms with van der Waals surface area (Å²) in [5.41, 5.74) is 1.63. The maximum atomic E-state index is 15.0. The monoisotopic (exact) mass is 370 g/mol. The topological polar surface area (TPSA) is 44.4 Å². The number of rotatable bonds is 1. The highest BCUT2D eigenvalue weighted by Crippen LogP contribution is 2.37. The van der Waals surface area contributed by atoms with Crippen molar-refractivity contribution < 1.29 is 17.9 Å². The highest BCUT2D eigenvalue weighted by atomic mass is 19.1. The number of aromatic nitrogens is 4. The fraction of sp³-hybridized carbons (Fsp3) is 0.158. The predicted octanol–water partition coefficient (Wildman–Crippen LogP) is 4.26. The van der Waals surface area contributed by atoms with Crippen LogP contribution in [-0.2, 0) is 7.05 Å². The number of hydrogen-bond acceptors (Lipinski definition) is 3. The molecule has 5 rings (SSSR count). The molecule has 2 aromatic carbocycles. The Bertz CT molecular complexity index is 1420. The highest BCUT2D eigenvalue weighted by Gasteiger charge is 2.23. The standard InChI is InChI=1S/C19H13F3N4O/c1-8-15-16-11(6-10(27-3)7-12(16)21)18-23-14-5-9(20)4-13(22)17(14)26(18)19(15)25(2)24-8/h4-7H,1-3H3. The maximum absolute atomic E-state index is 15.0. The summed E-state index contributed by atoms with van der Waals surface area (Å²) in [6.45, 7) is 1.76. The molecular formula is C19H13F3N4O. The van der Waals surface area contributed by atoms with Crippen molar-refractivity contribution in [2.45, 2.75) is 6.92 Å². The van der Waals surface area contributed by atoms with Crippen LogP contribution in [0.4, 0.5) is 13.2 Å². The van der Waals surface area contributed by atoms with Gasteiger partial charge in [0, 0.05) is 36.0 Å². The average molecular weight is 370 g/mol. The number of imidazole rings is 1. The van der Waals surface area contributed by atoms with E-state index in [-0.39, 0.29) is 11.0 Å². The SMILES string of the molecule is COc1cc(F)c2c(c1)c1nc3cc(F)cc(F)c3n1c1c2c(C)nn1C. The van der Waals surface area contributed by atoms with Crippen LogP contribution in [0.1, 0.15) is 5.69 Å². The molecule has 0 saturated heterocycles. The molecule has 136 valence electrons. The van der Waals surface area contributed by atoms with Gasteiger partial charge in [0.25, 0.3) is 0 Å². The first-order valence-corrected chi connectivity index (χ1v) is 8.20. The zero-order valence-corrected chi connectivity index (χ0v) is 14.6. The Morgan fingerprint density at radius 3 is 2.52 bits per heavy atom. The fourth-order valence-corrected chi connectivity index (χ4v) is 3.84. The molecule has 0 aliphatic rings. The van der Waals surface area contributed by atoms with Crippen molar-refractivity contribution in [3.8, 4) is 5.75 Å². The van der Waals surface area contributed by atoms with Gasteiger partial charge in [-0.1, -0.05) is 0 Å². The van der Waals surface area contributed by atoms with Crippen molar-refractivity contribution in [1.82, 2.24) is 19.2 Å². The molecule has 0 saturated carbocycles. The summed E-state index contributed by atoms with van der Waals surface area (Å²) in [4.78, 5) is 4.40. The van der Waals surface area contributed by atoms with E-state index < -0.39 is 17.5 Å². The van der Waals surface area contributed by atoms with E-state index in [0.29, 0.717) is 38.9 Å². The van der Waals surface area contributed by atoms with Gasteiger partial charge in [0.15, 0.2) is 5.82 Å². The lowest BCUT2D eigenvalue weighted by molar-refractivity contribution is 0.412. The zero-order valence-electron chi connectivity index (χ0n) is 14.6. The van der Waals surface area contributed by atoms with Crippen LogP contribution in [0.15, 0.2) is 24.3 Å². The van der Waals surface area contributed by atoms with Crippen molar-refractivity contribution in [3.63, 3.8) is 0 Å². The van der Waals surface area contributed by atoms with E-state index in [1.165, 1.54) is 13.2 Å². The van der Waals surface area contributed by atoms with E-state index in [9.17, 15) is 13.2 Å². The van der Waals surface area contributed by atoms with E-state index in [4.69, 9.17) is 4.74 Å². The molecular weight excluding hydrogens is 357 g/mol. The summed E-state index contributed by atoms with van der Waals surface area (Å²) >= 11 is 0. The summed E-state index contributed by atoms with van der Waals surface area (Å²) < 4.78 is 51.7. The minimum atomic E-state index is -0.750. The van der Waals surface area contributed by atoms with E-state index in [0.717, 1.165) is 12.1 Å². The Hall–Kier alpha value is -3.29. The van der Waals surface area contributed by atoms with Crippen molar-refractivity contribution in [3.05, 3.63) is 47.4 Å². The van der Waals surface area contributed by atoms with Crippen molar-refractivity contribution >= 4 is 38.5 Å². The molecule has 8 heteroatoms. The van der Waals surface area contributed by atoms with Gasteiger partial charge < -0.3 is 4.74 Å². The summed E-state index contributed by atoms with van der Waals surface area (Å²) in [6.07, 6.45) is 0. The summed E-state index contributed by atoms with van der Waals surface area (Å²) in [6, 6.07) is 4.89. The van der Waals surface area contributed by atoms with Crippen LogP contribution >= 0.6 is 0 Å². The van der Waals surface area contributed by atoms with Crippen molar-refractivity contribution in [2.24, 2.45) is 7.05 Å². The molecule has 0 bridgehead atoms. The second kappa shape index (κ2) is 5.12. The lowest BCUT2D eigenvalue weighted by Gasteiger charge is -2.10. The van der Waals surface area contributed by atoms with Gasteiger partial charge in [0.1, 0.15) is 34.2 Å². The van der Waals surface area contributed by atoms with Crippen molar-refractivity contribution in [1.29, 1.82) is 0 Å². The number of methoxy groups -OCH3 is 1. The molecule has 0 amide bonds. The maximum Gasteiger partial charge on any atom is 0.152 e. The van der Waals surface area contributed by atoms with Gasteiger partial charge in [-0.25, -0.2) is 18.2 Å². The van der Waals surface area contributed by atoms with E-state index in [2.05, 4.69) is 10.1 Å². The number of hydrogen-bond donors (Lipinski definition) is 0. The molecule has 5 nitrogen and oxygen atoms in total. The Kier molecular flexibility index (Phi) is 3.02. The van der Waals surface area contributed by atoms with E-state index in [1.54, 1.807) is 29.1 Å². The number of nitrogens with zero attached hydrogens (tertiary/aromatic N) is 4. The number of benzene rings is 2. The molecule has 0 aliphatic heterocycles. The zero-order chi connectivity index (χ0) is 19.0. The molecule has 3 heterocycles. The largest absolute Gasteiger partial charge is 0.497 e. The molecule has 5 aromatic rings. The first-order chi connectivity index (χ1) is 12.9. The summed E-state index contributed by atoms with van der Waals surface area (Å²) in [5.74, 6) is -1.66. The van der Waals surface area contributed by atoms with Gasteiger partial charge in [-0.05, 0) is 13.0 Å². The first kappa shape index (κ1) is 15.9. The lowest BCUT2D eigenvalue weighted by Crippen LogP contribution is -1.99. The van der Waals surface area contributed by atoms with Crippen LogP contribution in [0.3, 0.4) is 0 Å². The number of halogens is 3. The third kappa shape index (κ3) is 1.95. The van der Waals surface area contributed by atoms with Gasteiger partial charge in [0.05, 0.1) is 23.7 Å². The molecule has 3 aromatic heterocycles. The quantitative estimate of drug-likeness (QED) is 0.443. The van der Waals surface area contributed by atoms with Gasteiger partial charge in [-0.2, -0.15) is 5.10 Å². The van der Waals surface area contributed by atoms with Gasteiger partial charge in [0.2, 0.25) is 0 Å². The van der Waals surface area contributed by atoms with E-state index >= 15 is 0 Å². The minimum absolute atomic E-state index is 0.115. The van der Waals surface area contributed by atoms with Crippen molar-refractivity contribution in [2.75, 3.05) is 7.11 Å². The van der Waals surface area contributed by atoms with Crippen LogP contribution in [0.5, 0.6) is 5.75 Å². The molecule has 27 heavy (non-hydrogen) atoms. The summed E-state index contributed by atoms with van der Waals surface area (Å²) in [7, 11) is 3.12. The fourth-order valence-electron chi connectivity index (χ4n) is 3.84. The molecule has 0 aliphatic carbocycles.